The quantitative estimate of drug-likeness (QED) is 0.785. The lowest BCUT2D eigenvalue weighted by Crippen LogP contribution is -2.24. The Balaban J connectivity index is 1.97. The fraction of sp³-hybridized carbons (Fsp3) is 0.333. The Morgan fingerprint density at radius 3 is 2.08 bits per heavy atom. The molecule has 0 amide bonds. The van der Waals surface area contributed by atoms with E-state index in [1.165, 1.54) is 11.1 Å². The highest BCUT2D eigenvalue weighted by Crippen LogP contribution is 2.40. The van der Waals surface area contributed by atoms with Gasteiger partial charge in [0.15, 0.2) is 23.0 Å². The number of benzene rings is 2. The van der Waals surface area contributed by atoms with Gasteiger partial charge in [-0.1, -0.05) is 6.07 Å². The molecular weight excluding hydrogens is 330 g/mol. The van der Waals surface area contributed by atoms with Gasteiger partial charge in [-0.15, -0.1) is 0 Å². The molecule has 5 heteroatoms. The van der Waals surface area contributed by atoms with E-state index in [2.05, 4.69) is 36.4 Å². The molecule has 0 fully saturated rings. The van der Waals surface area contributed by atoms with Gasteiger partial charge in [-0.2, -0.15) is 0 Å². The summed E-state index contributed by atoms with van der Waals surface area (Å²) >= 11 is 0. The molecule has 0 aliphatic carbocycles. The zero-order chi connectivity index (χ0) is 18.7. The topological polar surface area (TPSA) is 40.2 Å². The normalized spacial score (nSPS) is 15.4. The summed E-state index contributed by atoms with van der Waals surface area (Å²) < 4.78 is 21.7. The second-order valence-electron chi connectivity index (χ2n) is 6.23. The van der Waals surface area contributed by atoms with Crippen LogP contribution in [0.2, 0.25) is 0 Å². The lowest BCUT2D eigenvalue weighted by Gasteiger charge is -2.32. The van der Waals surface area contributed by atoms with Crippen LogP contribution in [0.3, 0.4) is 0 Å². The van der Waals surface area contributed by atoms with Gasteiger partial charge in [0.2, 0.25) is 0 Å². The zero-order valence-electron chi connectivity index (χ0n) is 15.9. The van der Waals surface area contributed by atoms with Crippen LogP contribution in [0.15, 0.2) is 36.5 Å². The summed E-state index contributed by atoms with van der Waals surface area (Å²) in [4.78, 5) is 2.21. The van der Waals surface area contributed by atoms with Crippen LogP contribution in [0, 0.1) is 0 Å². The van der Waals surface area contributed by atoms with E-state index < -0.39 is 0 Å². The Bertz CT molecular complexity index is 816. The standard InChI is InChI=1S/C21H25NO4/c1-22-9-8-15-12-20(25-4)21(26-5)13-16(15)17(22)10-14-6-7-18(23-2)19(11-14)24-3/h6-9,11-13,17H,10H2,1-5H3/t17-/m1/s1. The van der Waals surface area contributed by atoms with Gasteiger partial charge < -0.3 is 23.8 Å². The van der Waals surface area contributed by atoms with Crippen molar-refractivity contribution in [2.24, 2.45) is 0 Å². The first kappa shape index (κ1) is 18.0. The van der Waals surface area contributed by atoms with Crippen molar-refractivity contribution in [1.29, 1.82) is 0 Å². The Kier molecular flexibility index (Phi) is 5.26. The number of fused-ring (bicyclic) bond motifs is 1. The smallest absolute Gasteiger partial charge is 0.161 e. The van der Waals surface area contributed by atoms with Crippen molar-refractivity contribution in [1.82, 2.24) is 4.90 Å². The largest absolute Gasteiger partial charge is 0.493 e. The number of hydrogen-bond acceptors (Lipinski definition) is 5. The lowest BCUT2D eigenvalue weighted by atomic mass is 9.91. The van der Waals surface area contributed by atoms with Crippen LogP contribution in [0.4, 0.5) is 0 Å². The molecule has 0 bridgehead atoms. The second-order valence-corrected chi connectivity index (χ2v) is 6.23. The second kappa shape index (κ2) is 7.60. The Morgan fingerprint density at radius 2 is 1.42 bits per heavy atom. The predicted molar refractivity (Wildman–Crippen MR) is 102 cm³/mol. The lowest BCUT2D eigenvalue weighted by molar-refractivity contribution is 0.323. The van der Waals surface area contributed by atoms with Gasteiger partial charge in [0.25, 0.3) is 0 Å². The third-order valence-corrected chi connectivity index (χ3v) is 4.81. The van der Waals surface area contributed by atoms with Crippen LogP contribution >= 0.6 is 0 Å². The minimum Gasteiger partial charge on any atom is -0.493 e. The van der Waals surface area contributed by atoms with Gasteiger partial charge in [-0.3, -0.25) is 0 Å². The maximum atomic E-state index is 5.50. The highest BCUT2D eigenvalue weighted by Gasteiger charge is 2.24. The fourth-order valence-corrected chi connectivity index (χ4v) is 3.35. The number of likely N-dealkylation sites (N-methyl/N-ethyl adjacent to an activating group) is 1. The van der Waals surface area contributed by atoms with Crippen molar-refractivity contribution in [3.8, 4) is 23.0 Å². The molecular formula is C21H25NO4. The van der Waals surface area contributed by atoms with E-state index >= 15 is 0 Å². The minimum atomic E-state index is 0.188. The predicted octanol–water partition coefficient (Wildman–Crippen LogP) is 3.92. The van der Waals surface area contributed by atoms with Crippen LogP contribution < -0.4 is 18.9 Å². The number of ether oxygens (including phenoxy) is 4. The van der Waals surface area contributed by atoms with Gasteiger partial charge >= 0.3 is 0 Å². The summed E-state index contributed by atoms with van der Waals surface area (Å²) in [5.41, 5.74) is 3.53. The van der Waals surface area contributed by atoms with E-state index in [9.17, 15) is 0 Å². The first-order chi connectivity index (χ1) is 12.6. The fourth-order valence-electron chi connectivity index (χ4n) is 3.35. The molecule has 3 rings (SSSR count). The van der Waals surface area contributed by atoms with Crippen LogP contribution in [0.25, 0.3) is 6.08 Å². The summed E-state index contributed by atoms with van der Waals surface area (Å²) in [5, 5.41) is 0. The van der Waals surface area contributed by atoms with Gasteiger partial charge in [0.05, 0.1) is 34.5 Å². The van der Waals surface area contributed by atoms with Crippen LogP contribution in [-0.4, -0.2) is 40.4 Å². The molecule has 26 heavy (non-hydrogen) atoms. The van der Waals surface area contributed by atoms with E-state index in [1.54, 1.807) is 28.4 Å². The average molecular weight is 355 g/mol. The number of nitrogens with zero attached hydrogens (tertiary/aromatic N) is 1. The summed E-state index contributed by atoms with van der Waals surface area (Å²) in [6.07, 6.45) is 5.03. The zero-order valence-corrected chi connectivity index (χ0v) is 15.9. The highest BCUT2D eigenvalue weighted by atomic mass is 16.5. The molecule has 0 aromatic heterocycles. The van der Waals surface area contributed by atoms with Crippen LogP contribution in [0.1, 0.15) is 22.7 Å². The molecule has 0 saturated carbocycles. The molecule has 0 unspecified atom stereocenters. The Morgan fingerprint density at radius 1 is 0.808 bits per heavy atom. The van der Waals surface area contributed by atoms with Crippen LogP contribution in [-0.2, 0) is 6.42 Å². The van der Waals surface area contributed by atoms with Crippen molar-refractivity contribution >= 4 is 6.08 Å². The van der Waals surface area contributed by atoms with Crippen molar-refractivity contribution in [3.05, 3.63) is 53.2 Å². The molecule has 1 aliphatic heterocycles. The van der Waals surface area contributed by atoms with Gasteiger partial charge in [-0.25, -0.2) is 0 Å². The molecule has 0 spiro atoms. The van der Waals surface area contributed by atoms with E-state index in [0.29, 0.717) is 0 Å². The molecule has 2 aromatic carbocycles. The van der Waals surface area contributed by atoms with E-state index in [4.69, 9.17) is 18.9 Å². The number of methoxy groups -OCH3 is 4. The molecule has 5 nitrogen and oxygen atoms in total. The van der Waals surface area contributed by atoms with Crippen molar-refractivity contribution in [2.45, 2.75) is 12.5 Å². The van der Waals surface area contributed by atoms with E-state index in [-0.39, 0.29) is 6.04 Å². The maximum Gasteiger partial charge on any atom is 0.161 e. The van der Waals surface area contributed by atoms with E-state index in [0.717, 1.165) is 35.0 Å². The van der Waals surface area contributed by atoms with Gasteiger partial charge in [0.1, 0.15) is 0 Å². The maximum absolute atomic E-state index is 5.50. The van der Waals surface area contributed by atoms with Gasteiger partial charge in [0, 0.05) is 7.05 Å². The highest BCUT2D eigenvalue weighted by molar-refractivity contribution is 5.63. The molecule has 0 saturated heterocycles. The molecule has 138 valence electrons. The SMILES string of the molecule is COc1ccc(C[C@@H]2c3cc(OC)c(OC)cc3C=CN2C)cc1OC. The molecule has 1 heterocycles. The van der Waals surface area contributed by atoms with E-state index in [1.807, 2.05) is 18.2 Å². The van der Waals surface area contributed by atoms with Crippen molar-refractivity contribution in [3.63, 3.8) is 0 Å². The molecule has 0 N–H and O–H groups in total. The molecule has 0 radical (unpaired) electrons. The summed E-state index contributed by atoms with van der Waals surface area (Å²) in [6, 6.07) is 10.3. The summed E-state index contributed by atoms with van der Waals surface area (Å²) in [5.74, 6) is 2.96. The first-order valence-corrected chi connectivity index (χ1v) is 8.48. The Hall–Kier alpha value is -2.82. The number of hydrogen-bond donors (Lipinski definition) is 0. The molecule has 1 aliphatic rings. The van der Waals surface area contributed by atoms with Crippen molar-refractivity contribution < 1.29 is 18.9 Å². The summed E-state index contributed by atoms with van der Waals surface area (Å²) in [6.45, 7) is 0. The number of rotatable bonds is 6. The average Bonchev–Trinajstić information content (AvgIpc) is 2.68. The Labute approximate surface area is 154 Å². The van der Waals surface area contributed by atoms with Crippen LogP contribution in [0.5, 0.6) is 23.0 Å². The summed E-state index contributed by atoms with van der Waals surface area (Å²) in [7, 11) is 8.71. The third-order valence-electron chi connectivity index (χ3n) is 4.81. The first-order valence-electron chi connectivity index (χ1n) is 8.48. The monoisotopic (exact) mass is 355 g/mol. The molecule has 2 aromatic rings. The molecule has 1 atom stereocenters. The third kappa shape index (κ3) is 3.29. The van der Waals surface area contributed by atoms with Crippen molar-refractivity contribution in [2.75, 3.05) is 35.5 Å². The minimum absolute atomic E-state index is 0.188. The van der Waals surface area contributed by atoms with Gasteiger partial charge in [-0.05, 0) is 59.7 Å².